The number of fused-ring (bicyclic) bond motifs is 1. The summed E-state index contributed by atoms with van der Waals surface area (Å²) in [6.07, 6.45) is -3.45. The summed E-state index contributed by atoms with van der Waals surface area (Å²) < 4.78 is 69.4. The zero-order valence-electron chi connectivity index (χ0n) is 20.2. The maximum Gasteiger partial charge on any atom is 0.416 e. The summed E-state index contributed by atoms with van der Waals surface area (Å²) in [5.74, 6) is -3.59. The van der Waals surface area contributed by atoms with Gasteiger partial charge in [-0.1, -0.05) is 11.6 Å². The third kappa shape index (κ3) is 5.15. The van der Waals surface area contributed by atoms with Crippen LogP contribution in [0, 0.1) is 11.6 Å². The summed E-state index contributed by atoms with van der Waals surface area (Å²) in [5, 5.41) is 18.8. The molecule has 3 aromatic carbocycles. The van der Waals surface area contributed by atoms with E-state index in [1.165, 1.54) is 29.1 Å². The molecule has 13 heteroatoms. The molecule has 40 heavy (non-hydrogen) atoms. The lowest BCUT2D eigenvalue weighted by Gasteiger charge is -2.19. The first kappa shape index (κ1) is 27.3. The molecule has 1 aliphatic heterocycles. The SMILES string of the molecule is O=C(Nc1cc(-c2ccnn2CCO)cc2c1C(c1cc(F)ccc1Cl)NC2=O)c1cc(F)cc(C(F)(F)F)c1. The highest BCUT2D eigenvalue weighted by Gasteiger charge is 2.36. The number of amides is 2. The van der Waals surface area contributed by atoms with Gasteiger partial charge in [0, 0.05) is 44.7 Å². The van der Waals surface area contributed by atoms with E-state index in [0.29, 0.717) is 23.4 Å². The molecule has 0 bridgehead atoms. The molecule has 3 N–H and O–H groups in total. The van der Waals surface area contributed by atoms with Crippen molar-refractivity contribution in [3.63, 3.8) is 0 Å². The molecular weight excluding hydrogens is 559 g/mol. The summed E-state index contributed by atoms with van der Waals surface area (Å²) in [5.41, 5.74) is -0.738. The molecule has 206 valence electrons. The van der Waals surface area contributed by atoms with Crippen molar-refractivity contribution >= 4 is 29.1 Å². The number of anilines is 1. The largest absolute Gasteiger partial charge is 0.416 e. The summed E-state index contributed by atoms with van der Waals surface area (Å²) in [7, 11) is 0. The number of hydrogen-bond acceptors (Lipinski definition) is 4. The smallest absolute Gasteiger partial charge is 0.394 e. The number of hydrogen-bond donors (Lipinski definition) is 3. The number of nitrogens with zero attached hydrogens (tertiary/aromatic N) is 2. The molecule has 0 fully saturated rings. The number of rotatable bonds is 6. The predicted octanol–water partition coefficient (Wildman–Crippen LogP) is 5.58. The van der Waals surface area contributed by atoms with E-state index >= 15 is 0 Å². The fourth-order valence-electron chi connectivity index (χ4n) is 4.58. The molecule has 0 saturated carbocycles. The highest BCUT2D eigenvalue weighted by molar-refractivity contribution is 6.31. The Bertz CT molecular complexity index is 1650. The van der Waals surface area contributed by atoms with Gasteiger partial charge < -0.3 is 15.7 Å². The number of alkyl halides is 3. The third-order valence-corrected chi connectivity index (χ3v) is 6.66. The van der Waals surface area contributed by atoms with E-state index in [1.807, 2.05) is 0 Å². The van der Waals surface area contributed by atoms with Gasteiger partial charge in [-0.3, -0.25) is 14.3 Å². The average molecular weight is 577 g/mol. The molecule has 1 aromatic heterocycles. The second-order valence-corrected chi connectivity index (χ2v) is 9.31. The van der Waals surface area contributed by atoms with Crippen LogP contribution in [0.1, 0.15) is 43.4 Å². The number of aliphatic hydroxyl groups excluding tert-OH is 1. The van der Waals surface area contributed by atoms with Crippen LogP contribution in [0.25, 0.3) is 11.3 Å². The normalized spacial score (nSPS) is 14.7. The molecule has 5 rings (SSSR count). The van der Waals surface area contributed by atoms with Gasteiger partial charge in [0.1, 0.15) is 11.6 Å². The predicted molar refractivity (Wildman–Crippen MR) is 135 cm³/mol. The molecule has 2 amide bonds. The summed E-state index contributed by atoms with van der Waals surface area (Å²) in [6.45, 7) is -0.136. The lowest BCUT2D eigenvalue weighted by molar-refractivity contribution is -0.137. The molecule has 4 aromatic rings. The van der Waals surface area contributed by atoms with Crippen LogP contribution < -0.4 is 10.6 Å². The molecule has 0 spiro atoms. The van der Waals surface area contributed by atoms with Crippen LogP contribution in [0.3, 0.4) is 0 Å². The van der Waals surface area contributed by atoms with Crippen LogP contribution in [0.15, 0.2) is 60.8 Å². The molecule has 1 aliphatic rings. The quantitative estimate of drug-likeness (QED) is 0.261. The van der Waals surface area contributed by atoms with Gasteiger partial charge in [0.25, 0.3) is 11.8 Å². The minimum Gasteiger partial charge on any atom is -0.394 e. The van der Waals surface area contributed by atoms with E-state index in [-0.39, 0.29) is 46.6 Å². The third-order valence-electron chi connectivity index (χ3n) is 6.32. The van der Waals surface area contributed by atoms with Gasteiger partial charge >= 0.3 is 6.18 Å². The topological polar surface area (TPSA) is 96.2 Å². The van der Waals surface area contributed by atoms with Gasteiger partial charge in [-0.15, -0.1) is 0 Å². The number of aliphatic hydroxyl groups is 1. The van der Waals surface area contributed by atoms with E-state index in [2.05, 4.69) is 15.7 Å². The van der Waals surface area contributed by atoms with Crippen molar-refractivity contribution in [1.82, 2.24) is 15.1 Å². The van der Waals surface area contributed by atoms with E-state index in [4.69, 9.17) is 11.6 Å². The lowest BCUT2D eigenvalue weighted by Crippen LogP contribution is -2.21. The van der Waals surface area contributed by atoms with Gasteiger partial charge in [0.2, 0.25) is 0 Å². The van der Waals surface area contributed by atoms with Crippen molar-refractivity contribution in [2.75, 3.05) is 11.9 Å². The Morgan fingerprint density at radius 3 is 2.58 bits per heavy atom. The Morgan fingerprint density at radius 1 is 1.07 bits per heavy atom. The van der Waals surface area contributed by atoms with Crippen molar-refractivity contribution < 1.29 is 36.6 Å². The average Bonchev–Trinajstić information content (AvgIpc) is 3.49. The Hall–Kier alpha value is -4.29. The van der Waals surface area contributed by atoms with E-state index in [0.717, 1.165) is 12.1 Å². The van der Waals surface area contributed by atoms with Crippen LogP contribution in [0.2, 0.25) is 5.02 Å². The molecule has 1 atom stereocenters. The fraction of sp³-hybridized carbons (Fsp3) is 0.148. The van der Waals surface area contributed by atoms with Crippen LogP contribution in [0.4, 0.5) is 27.6 Å². The monoisotopic (exact) mass is 576 g/mol. The Balaban J connectivity index is 1.67. The number of halogens is 6. The van der Waals surface area contributed by atoms with Crippen molar-refractivity contribution in [1.29, 1.82) is 0 Å². The molecule has 0 radical (unpaired) electrons. The number of nitrogens with one attached hydrogen (secondary N) is 2. The fourth-order valence-corrected chi connectivity index (χ4v) is 4.81. The first-order valence-electron chi connectivity index (χ1n) is 11.7. The first-order chi connectivity index (χ1) is 19.0. The Morgan fingerprint density at radius 2 is 1.85 bits per heavy atom. The summed E-state index contributed by atoms with van der Waals surface area (Å²) >= 11 is 6.30. The van der Waals surface area contributed by atoms with Gasteiger partial charge in [0.15, 0.2) is 0 Å². The summed E-state index contributed by atoms with van der Waals surface area (Å²) in [4.78, 5) is 26.3. The maximum absolute atomic E-state index is 14.1. The van der Waals surface area contributed by atoms with Crippen LogP contribution in [-0.4, -0.2) is 33.3 Å². The van der Waals surface area contributed by atoms with Crippen LogP contribution in [0.5, 0.6) is 0 Å². The van der Waals surface area contributed by atoms with Gasteiger partial charge in [-0.25, -0.2) is 8.78 Å². The molecule has 1 unspecified atom stereocenters. The van der Waals surface area contributed by atoms with Crippen LogP contribution >= 0.6 is 11.6 Å². The minimum atomic E-state index is -4.90. The maximum atomic E-state index is 14.1. The number of carbonyl (C=O) groups is 2. The van der Waals surface area contributed by atoms with Gasteiger partial charge in [-0.2, -0.15) is 18.3 Å². The zero-order valence-corrected chi connectivity index (χ0v) is 20.9. The van der Waals surface area contributed by atoms with Crippen molar-refractivity contribution in [2.45, 2.75) is 18.8 Å². The number of carbonyl (C=O) groups excluding carboxylic acids is 2. The lowest BCUT2D eigenvalue weighted by atomic mass is 9.93. The van der Waals surface area contributed by atoms with E-state index in [1.54, 1.807) is 6.07 Å². The first-order valence-corrected chi connectivity index (χ1v) is 12.1. The molecule has 7 nitrogen and oxygen atoms in total. The van der Waals surface area contributed by atoms with Crippen molar-refractivity contribution in [2.24, 2.45) is 0 Å². The van der Waals surface area contributed by atoms with Crippen molar-refractivity contribution in [3.05, 3.63) is 105 Å². The molecular formula is C27H18ClF5N4O3. The highest BCUT2D eigenvalue weighted by Crippen LogP contribution is 2.42. The zero-order chi connectivity index (χ0) is 28.8. The number of benzene rings is 3. The Labute approximate surface area is 228 Å². The van der Waals surface area contributed by atoms with Gasteiger partial charge in [0.05, 0.1) is 30.5 Å². The van der Waals surface area contributed by atoms with Crippen molar-refractivity contribution in [3.8, 4) is 11.3 Å². The van der Waals surface area contributed by atoms with Crippen LogP contribution in [-0.2, 0) is 12.7 Å². The minimum absolute atomic E-state index is 0.0178. The second-order valence-electron chi connectivity index (χ2n) is 8.90. The number of aromatic nitrogens is 2. The van der Waals surface area contributed by atoms with E-state index < -0.39 is 46.8 Å². The van der Waals surface area contributed by atoms with Gasteiger partial charge in [-0.05, 0) is 54.6 Å². The summed E-state index contributed by atoms with van der Waals surface area (Å²) in [6, 6.07) is 8.46. The standard InChI is InChI=1S/C27H18ClF5N4O3/c28-20-2-1-16(29)12-18(20)24-23-19(26(40)36-24)9-13(22-3-4-34-37(22)5-6-38)10-21(23)35-25(39)14-7-15(27(31,32)33)11-17(30)8-14/h1-4,7-12,24,38H,5-6H2,(H,35,39)(H,36,40). The second kappa shape index (κ2) is 10.4. The molecule has 2 heterocycles. The Kier molecular flexibility index (Phi) is 7.06. The molecule has 0 saturated heterocycles. The highest BCUT2D eigenvalue weighted by atomic mass is 35.5. The van der Waals surface area contributed by atoms with E-state index in [9.17, 15) is 36.6 Å². The molecule has 0 aliphatic carbocycles.